The Morgan fingerprint density at radius 1 is 1.06 bits per heavy atom. The van der Waals surface area contributed by atoms with Crippen LogP contribution in [0.5, 0.6) is 11.5 Å². The summed E-state index contributed by atoms with van der Waals surface area (Å²) < 4.78 is 37.6. The van der Waals surface area contributed by atoms with Gasteiger partial charge in [0.05, 0.1) is 31.2 Å². The van der Waals surface area contributed by atoms with Crippen molar-refractivity contribution in [2.45, 2.75) is 17.7 Å². The lowest BCUT2D eigenvalue weighted by Crippen LogP contribution is -2.27. The third kappa shape index (κ3) is 6.19. The highest BCUT2D eigenvalue weighted by Crippen LogP contribution is 2.27. The average molecular weight is 462 g/mol. The van der Waals surface area contributed by atoms with Crippen LogP contribution in [0, 0.1) is 0 Å². The molecule has 0 unspecified atom stereocenters. The van der Waals surface area contributed by atoms with Crippen molar-refractivity contribution in [2.75, 3.05) is 25.5 Å². The highest BCUT2D eigenvalue weighted by Gasteiger charge is 2.16. The summed E-state index contributed by atoms with van der Waals surface area (Å²) in [5.74, 6) is 1.10. The Hall–Kier alpha value is -3.11. The molecule has 0 atom stereocenters. The van der Waals surface area contributed by atoms with Crippen molar-refractivity contribution in [3.05, 3.63) is 65.2 Å². The van der Waals surface area contributed by atoms with Crippen molar-refractivity contribution in [2.24, 2.45) is 0 Å². The number of ether oxygens (including phenoxy) is 2. The fourth-order valence-electron chi connectivity index (χ4n) is 2.82. The zero-order valence-corrected chi connectivity index (χ0v) is 18.8. The van der Waals surface area contributed by atoms with E-state index in [4.69, 9.17) is 9.47 Å². The Morgan fingerprint density at radius 2 is 1.81 bits per heavy atom. The average Bonchev–Trinajstić information content (AvgIpc) is 3.20. The quantitative estimate of drug-likeness (QED) is 0.481. The first kappa shape index (κ1) is 22.6. The molecular weight excluding hydrogens is 438 g/mol. The molecule has 0 saturated carbocycles. The van der Waals surface area contributed by atoms with E-state index in [1.165, 1.54) is 12.1 Å². The van der Waals surface area contributed by atoms with E-state index in [2.05, 4.69) is 15.0 Å². The topological polar surface area (TPSA) is 107 Å². The minimum Gasteiger partial charge on any atom is -0.493 e. The lowest BCUT2D eigenvalue weighted by molar-refractivity contribution is -0.120. The molecule has 8 nitrogen and oxygen atoms in total. The number of thiazole rings is 1. The molecule has 3 rings (SSSR count). The van der Waals surface area contributed by atoms with E-state index in [1.807, 2.05) is 18.2 Å². The van der Waals surface area contributed by atoms with Crippen LogP contribution in [0.3, 0.4) is 0 Å². The van der Waals surface area contributed by atoms with E-state index >= 15 is 0 Å². The number of nitrogens with one attached hydrogen (secondary N) is 2. The van der Waals surface area contributed by atoms with Gasteiger partial charge in [-0.05, 0) is 36.2 Å². The smallest absolute Gasteiger partial charge is 0.263 e. The van der Waals surface area contributed by atoms with Crippen molar-refractivity contribution in [3.63, 3.8) is 0 Å². The number of benzene rings is 2. The van der Waals surface area contributed by atoms with Gasteiger partial charge in [0, 0.05) is 11.9 Å². The molecule has 0 aliphatic carbocycles. The third-order valence-electron chi connectivity index (χ3n) is 4.35. The summed E-state index contributed by atoms with van der Waals surface area (Å²) in [4.78, 5) is 16.6. The molecule has 164 valence electrons. The van der Waals surface area contributed by atoms with Gasteiger partial charge in [0.15, 0.2) is 16.6 Å². The van der Waals surface area contributed by atoms with Gasteiger partial charge in [0.25, 0.3) is 10.0 Å². The molecule has 0 spiro atoms. The molecule has 1 aromatic heterocycles. The zero-order valence-electron chi connectivity index (χ0n) is 17.1. The van der Waals surface area contributed by atoms with Crippen molar-refractivity contribution < 1.29 is 22.7 Å². The molecule has 31 heavy (non-hydrogen) atoms. The zero-order chi connectivity index (χ0) is 22.3. The predicted molar refractivity (Wildman–Crippen MR) is 119 cm³/mol. The first-order valence-corrected chi connectivity index (χ1v) is 11.8. The number of rotatable bonds is 10. The van der Waals surface area contributed by atoms with Gasteiger partial charge in [0.2, 0.25) is 5.91 Å². The van der Waals surface area contributed by atoms with E-state index in [-0.39, 0.29) is 22.4 Å². The van der Waals surface area contributed by atoms with Crippen LogP contribution in [0.4, 0.5) is 5.13 Å². The first-order chi connectivity index (χ1) is 14.9. The summed E-state index contributed by atoms with van der Waals surface area (Å²) in [6.45, 7) is 0.450. The minimum atomic E-state index is -3.71. The Kier molecular flexibility index (Phi) is 7.48. The Balaban J connectivity index is 1.50. The minimum absolute atomic E-state index is 0.0650. The number of aromatic nitrogens is 1. The third-order valence-corrected chi connectivity index (χ3v) is 6.64. The van der Waals surface area contributed by atoms with Crippen LogP contribution in [-0.4, -0.2) is 40.1 Å². The van der Waals surface area contributed by atoms with Crippen LogP contribution in [0.25, 0.3) is 0 Å². The van der Waals surface area contributed by atoms with Gasteiger partial charge in [-0.15, -0.1) is 11.3 Å². The molecule has 1 amide bonds. The van der Waals surface area contributed by atoms with Gasteiger partial charge < -0.3 is 14.8 Å². The number of carbonyl (C=O) groups is 1. The fraction of sp³-hybridized carbons (Fsp3) is 0.238. The van der Waals surface area contributed by atoms with Gasteiger partial charge in [-0.3, -0.25) is 9.52 Å². The normalized spacial score (nSPS) is 11.0. The molecule has 2 N–H and O–H groups in total. The summed E-state index contributed by atoms with van der Waals surface area (Å²) in [5, 5.41) is 4.73. The van der Waals surface area contributed by atoms with E-state index in [0.29, 0.717) is 30.2 Å². The summed E-state index contributed by atoms with van der Waals surface area (Å²) in [6, 6.07) is 13.6. The second kappa shape index (κ2) is 10.3. The maximum absolute atomic E-state index is 12.4. The summed E-state index contributed by atoms with van der Waals surface area (Å²) in [7, 11) is -0.553. The summed E-state index contributed by atoms with van der Waals surface area (Å²) in [6.07, 6.45) is 0.695. The summed E-state index contributed by atoms with van der Waals surface area (Å²) >= 11 is 1.13. The number of hydrogen-bond acceptors (Lipinski definition) is 7. The second-order valence-corrected chi connectivity index (χ2v) is 9.07. The highest BCUT2D eigenvalue weighted by atomic mass is 32.2. The van der Waals surface area contributed by atoms with Gasteiger partial charge in [-0.25, -0.2) is 13.4 Å². The van der Waals surface area contributed by atoms with Crippen molar-refractivity contribution in [3.8, 4) is 11.5 Å². The molecule has 0 aliphatic heterocycles. The van der Waals surface area contributed by atoms with Crippen molar-refractivity contribution >= 4 is 32.4 Å². The molecule has 3 aromatic rings. The number of carbonyl (C=O) groups excluding carboxylic acids is 1. The standard InChI is InChI=1S/C21H23N3O5S2/c1-28-18-9-8-15(12-19(18)29-2)10-11-22-20(25)13-16-14-30-21(23-16)24-31(26,27)17-6-4-3-5-7-17/h3-9,12,14H,10-11,13H2,1-2H3,(H,22,25)(H,23,24). The van der Waals surface area contributed by atoms with E-state index in [0.717, 1.165) is 16.9 Å². The molecule has 0 aliphatic rings. The molecule has 0 radical (unpaired) electrons. The molecule has 10 heteroatoms. The number of amides is 1. The first-order valence-electron chi connectivity index (χ1n) is 9.41. The van der Waals surface area contributed by atoms with Crippen LogP contribution in [0.2, 0.25) is 0 Å². The highest BCUT2D eigenvalue weighted by molar-refractivity contribution is 7.93. The Bertz CT molecular complexity index is 1130. The van der Waals surface area contributed by atoms with E-state index in [1.54, 1.807) is 37.8 Å². The van der Waals surface area contributed by atoms with Gasteiger partial charge in [-0.2, -0.15) is 0 Å². The number of methoxy groups -OCH3 is 2. The predicted octanol–water partition coefficient (Wildman–Crippen LogP) is 2.86. The van der Waals surface area contributed by atoms with Crippen LogP contribution < -0.4 is 19.5 Å². The number of anilines is 1. The Labute approximate surface area is 185 Å². The maximum atomic E-state index is 12.4. The molecule has 2 aromatic carbocycles. The van der Waals surface area contributed by atoms with Crippen molar-refractivity contribution in [1.29, 1.82) is 0 Å². The van der Waals surface area contributed by atoms with Crippen LogP contribution in [0.1, 0.15) is 11.3 Å². The molecule has 0 saturated heterocycles. The SMILES string of the molecule is COc1ccc(CCNC(=O)Cc2csc(NS(=O)(=O)c3ccccc3)n2)cc1OC. The maximum Gasteiger partial charge on any atom is 0.263 e. The largest absolute Gasteiger partial charge is 0.493 e. The number of hydrogen-bond donors (Lipinski definition) is 2. The molecule has 0 bridgehead atoms. The molecule has 1 heterocycles. The lowest BCUT2D eigenvalue weighted by atomic mass is 10.1. The van der Waals surface area contributed by atoms with E-state index < -0.39 is 10.0 Å². The van der Waals surface area contributed by atoms with Gasteiger partial charge in [-0.1, -0.05) is 24.3 Å². The number of nitrogens with zero attached hydrogens (tertiary/aromatic N) is 1. The van der Waals surface area contributed by atoms with Crippen LogP contribution >= 0.6 is 11.3 Å². The van der Waals surface area contributed by atoms with Crippen LogP contribution in [-0.2, 0) is 27.7 Å². The lowest BCUT2D eigenvalue weighted by Gasteiger charge is -2.10. The summed E-state index contributed by atoms with van der Waals surface area (Å²) in [5.41, 5.74) is 1.50. The fourth-order valence-corrected chi connectivity index (χ4v) is 4.80. The Morgan fingerprint density at radius 3 is 2.52 bits per heavy atom. The van der Waals surface area contributed by atoms with Gasteiger partial charge >= 0.3 is 0 Å². The van der Waals surface area contributed by atoms with Crippen molar-refractivity contribution in [1.82, 2.24) is 10.3 Å². The van der Waals surface area contributed by atoms with E-state index in [9.17, 15) is 13.2 Å². The van der Waals surface area contributed by atoms with Gasteiger partial charge in [0.1, 0.15) is 0 Å². The molecule has 0 fully saturated rings. The second-order valence-electron chi connectivity index (χ2n) is 6.53. The monoisotopic (exact) mass is 461 g/mol. The number of sulfonamides is 1. The van der Waals surface area contributed by atoms with Crippen LogP contribution in [0.15, 0.2) is 58.8 Å². The molecular formula is C21H23N3O5S2.